The zero-order valence-electron chi connectivity index (χ0n) is 8.86. The Labute approximate surface area is 84.7 Å². The summed E-state index contributed by atoms with van der Waals surface area (Å²) in [7, 11) is 0. The van der Waals surface area contributed by atoms with Crippen molar-refractivity contribution in [1.82, 2.24) is 0 Å². The molecule has 4 nitrogen and oxygen atoms in total. The van der Waals surface area contributed by atoms with Gasteiger partial charge in [0.15, 0.2) is 0 Å². The van der Waals surface area contributed by atoms with Gasteiger partial charge in [-0.25, -0.2) is 0 Å². The molecule has 0 spiro atoms. The molecule has 1 rings (SSSR count). The SMILES string of the molecule is CC(C)[C@H](N)C(=O)OC1CCCOC1. The molecule has 1 fully saturated rings. The second kappa shape index (κ2) is 5.32. The van der Waals surface area contributed by atoms with Crippen molar-refractivity contribution in [3.63, 3.8) is 0 Å². The lowest BCUT2D eigenvalue weighted by Crippen LogP contribution is -2.40. The third-order valence-electron chi connectivity index (χ3n) is 2.39. The minimum Gasteiger partial charge on any atom is -0.459 e. The zero-order chi connectivity index (χ0) is 10.6. The maximum Gasteiger partial charge on any atom is 0.323 e. The smallest absolute Gasteiger partial charge is 0.323 e. The average Bonchev–Trinajstić information content (AvgIpc) is 2.18. The number of carbonyl (C=O) groups excluding carboxylic acids is 1. The fourth-order valence-electron chi connectivity index (χ4n) is 1.32. The van der Waals surface area contributed by atoms with Gasteiger partial charge in [-0.1, -0.05) is 13.8 Å². The number of ether oxygens (including phenoxy) is 2. The molecule has 1 aliphatic heterocycles. The Morgan fingerprint density at radius 3 is 2.79 bits per heavy atom. The van der Waals surface area contributed by atoms with Gasteiger partial charge < -0.3 is 15.2 Å². The van der Waals surface area contributed by atoms with E-state index >= 15 is 0 Å². The van der Waals surface area contributed by atoms with Crippen LogP contribution in [0.5, 0.6) is 0 Å². The molecule has 1 heterocycles. The fraction of sp³-hybridized carbons (Fsp3) is 0.900. The molecule has 0 saturated carbocycles. The van der Waals surface area contributed by atoms with Crippen molar-refractivity contribution in [1.29, 1.82) is 0 Å². The zero-order valence-corrected chi connectivity index (χ0v) is 8.86. The molecule has 0 amide bonds. The molecule has 0 aromatic rings. The van der Waals surface area contributed by atoms with Gasteiger partial charge in [0.25, 0.3) is 0 Å². The van der Waals surface area contributed by atoms with E-state index in [0.717, 1.165) is 19.4 Å². The lowest BCUT2D eigenvalue weighted by molar-refractivity contribution is -0.157. The summed E-state index contributed by atoms with van der Waals surface area (Å²) in [5.41, 5.74) is 5.66. The molecule has 1 saturated heterocycles. The average molecular weight is 201 g/mol. The monoisotopic (exact) mass is 201 g/mol. The van der Waals surface area contributed by atoms with E-state index in [1.54, 1.807) is 0 Å². The van der Waals surface area contributed by atoms with Crippen molar-refractivity contribution in [2.24, 2.45) is 11.7 Å². The van der Waals surface area contributed by atoms with Crippen LogP contribution in [-0.4, -0.2) is 31.3 Å². The van der Waals surface area contributed by atoms with Gasteiger partial charge in [-0.15, -0.1) is 0 Å². The van der Waals surface area contributed by atoms with Crippen molar-refractivity contribution >= 4 is 5.97 Å². The normalized spacial score (nSPS) is 24.7. The first-order valence-electron chi connectivity index (χ1n) is 5.15. The second-order valence-electron chi connectivity index (χ2n) is 4.05. The number of hydrogen-bond acceptors (Lipinski definition) is 4. The Hall–Kier alpha value is -0.610. The van der Waals surface area contributed by atoms with Gasteiger partial charge in [-0.2, -0.15) is 0 Å². The van der Waals surface area contributed by atoms with Crippen molar-refractivity contribution in [3.8, 4) is 0 Å². The van der Waals surface area contributed by atoms with Crippen LogP contribution < -0.4 is 5.73 Å². The van der Waals surface area contributed by atoms with Crippen LogP contribution in [0.15, 0.2) is 0 Å². The van der Waals surface area contributed by atoms with Crippen LogP contribution in [0.25, 0.3) is 0 Å². The van der Waals surface area contributed by atoms with E-state index in [1.165, 1.54) is 0 Å². The molecule has 4 heteroatoms. The van der Waals surface area contributed by atoms with Crippen LogP contribution in [0.2, 0.25) is 0 Å². The van der Waals surface area contributed by atoms with E-state index in [9.17, 15) is 4.79 Å². The molecule has 1 aliphatic rings. The molecule has 14 heavy (non-hydrogen) atoms. The lowest BCUT2D eigenvalue weighted by Gasteiger charge is -2.24. The van der Waals surface area contributed by atoms with Crippen LogP contribution in [0.1, 0.15) is 26.7 Å². The summed E-state index contributed by atoms with van der Waals surface area (Å²) in [6.07, 6.45) is 1.74. The van der Waals surface area contributed by atoms with Gasteiger partial charge in [0.2, 0.25) is 0 Å². The molecule has 0 bridgehead atoms. The van der Waals surface area contributed by atoms with Crippen molar-refractivity contribution in [2.75, 3.05) is 13.2 Å². The van der Waals surface area contributed by atoms with Crippen LogP contribution in [-0.2, 0) is 14.3 Å². The minimum absolute atomic E-state index is 0.0963. The van der Waals surface area contributed by atoms with Crippen molar-refractivity contribution < 1.29 is 14.3 Å². The topological polar surface area (TPSA) is 61.6 Å². The van der Waals surface area contributed by atoms with E-state index in [1.807, 2.05) is 13.8 Å². The first kappa shape index (κ1) is 11.5. The number of rotatable bonds is 3. The number of nitrogens with two attached hydrogens (primary N) is 1. The molecular weight excluding hydrogens is 182 g/mol. The van der Waals surface area contributed by atoms with Crippen LogP contribution in [0.3, 0.4) is 0 Å². The third kappa shape index (κ3) is 3.27. The van der Waals surface area contributed by atoms with Gasteiger partial charge in [0, 0.05) is 6.61 Å². The summed E-state index contributed by atoms with van der Waals surface area (Å²) >= 11 is 0. The van der Waals surface area contributed by atoms with Gasteiger partial charge >= 0.3 is 5.97 Å². The van der Waals surface area contributed by atoms with E-state index in [4.69, 9.17) is 15.2 Å². The first-order valence-corrected chi connectivity index (χ1v) is 5.15. The molecule has 0 aromatic carbocycles. The third-order valence-corrected chi connectivity index (χ3v) is 2.39. The summed E-state index contributed by atoms with van der Waals surface area (Å²) in [4.78, 5) is 11.4. The number of hydrogen-bond donors (Lipinski definition) is 1. The number of esters is 1. The van der Waals surface area contributed by atoms with Crippen LogP contribution >= 0.6 is 0 Å². The Bertz CT molecular complexity index is 188. The molecule has 0 aliphatic carbocycles. The van der Waals surface area contributed by atoms with E-state index in [-0.39, 0.29) is 18.0 Å². The second-order valence-corrected chi connectivity index (χ2v) is 4.05. The molecule has 82 valence electrons. The standard InChI is InChI=1S/C10H19NO3/c1-7(2)9(11)10(12)14-8-4-3-5-13-6-8/h7-9H,3-6,11H2,1-2H3/t8?,9-/m0/s1. The molecule has 1 unspecified atom stereocenters. The van der Waals surface area contributed by atoms with E-state index < -0.39 is 6.04 Å². The van der Waals surface area contributed by atoms with Gasteiger partial charge in [-0.05, 0) is 18.8 Å². The van der Waals surface area contributed by atoms with Crippen LogP contribution in [0, 0.1) is 5.92 Å². The van der Waals surface area contributed by atoms with Crippen molar-refractivity contribution in [3.05, 3.63) is 0 Å². The Kier molecular flexibility index (Phi) is 4.35. The quantitative estimate of drug-likeness (QED) is 0.682. The highest BCUT2D eigenvalue weighted by atomic mass is 16.6. The van der Waals surface area contributed by atoms with Crippen molar-refractivity contribution in [2.45, 2.75) is 38.8 Å². The fourth-order valence-corrected chi connectivity index (χ4v) is 1.32. The summed E-state index contributed by atoms with van der Waals surface area (Å²) in [6, 6.07) is -0.517. The highest BCUT2D eigenvalue weighted by Crippen LogP contribution is 2.11. The summed E-state index contributed by atoms with van der Waals surface area (Å²) in [5, 5.41) is 0. The minimum atomic E-state index is -0.517. The largest absolute Gasteiger partial charge is 0.459 e. The number of carbonyl (C=O) groups is 1. The van der Waals surface area contributed by atoms with Gasteiger partial charge in [0.1, 0.15) is 12.1 Å². The molecule has 0 aromatic heterocycles. The van der Waals surface area contributed by atoms with Crippen LogP contribution in [0.4, 0.5) is 0 Å². The Morgan fingerprint density at radius 2 is 2.29 bits per heavy atom. The molecule has 2 N–H and O–H groups in total. The Morgan fingerprint density at radius 1 is 1.57 bits per heavy atom. The maximum atomic E-state index is 11.4. The Balaban J connectivity index is 2.31. The summed E-state index contributed by atoms with van der Waals surface area (Å²) in [6.45, 7) is 5.09. The predicted octanol–water partition coefficient (Wildman–Crippen LogP) is 0.692. The molecule has 2 atom stereocenters. The summed E-state index contributed by atoms with van der Waals surface area (Å²) < 4.78 is 10.4. The highest BCUT2D eigenvalue weighted by Gasteiger charge is 2.24. The first-order chi connectivity index (χ1) is 6.61. The maximum absolute atomic E-state index is 11.4. The highest BCUT2D eigenvalue weighted by molar-refractivity contribution is 5.75. The van der Waals surface area contributed by atoms with Gasteiger partial charge in [-0.3, -0.25) is 4.79 Å². The summed E-state index contributed by atoms with van der Waals surface area (Å²) in [5.74, 6) is -0.192. The van der Waals surface area contributed by atoms with E-state index in [0.29, 0.717) is 6.61 Å². The molecule has 0 radical (unpaired) electrons. The molecular formula is C10H19NO3. The van der Waals surface area contributed by atoms with Gasteiger partial charge in [0.05, 0.1) is 6.61 Å². The lowest BCUT2D eigenvalue weighted by atomic mass is 10.1. The van der Waals surface area contributed by atoms with E-state index in [2.05, 4.69) is 0 Å². The predicted molar refractivity (Wildman–Crippen MR) is 52.7 cm³/mol.